The number of H-pyrrole nitrogens is 1. The fourth-order valence-electron chi connectivity index (χ4n) is 2.36. The van der Waals surface area contributed by atoms with Crippen LogP contribution in [0, 0.1) is 0 Å². The number of aromatic nitrogens is 1. The minimum atomic E-state index is -0.385. The van der Waals surface area contributed by atoms with Gasteiger partial charge in [-0.25, -0.2) is 0 Å². The quantitative estimate of drug-likeness (QED) is 0.728. The van der Waals surface area contributed by atoms with Crippen molar-refractivity contribution in [3.63, 3.8) is 0 Å². The number of pyridine rings is 1. The number of ether oxygens (including phenoxy) is 2. The Bertz CT molecular complexity index is 752. The minimum Gasteiger partial charge on any atom is -0.492 e. The van der Waals surface area contributed by atoms with Crippen LogP contribution in [0.3, 0.4) is 0 Å². The molecule has 130 valence electrons. The molecule has 0 saturated carbocycles. The molecule has 1 aromatic heterocycles. The molecular formula is C18H24N2O4. The average molecular weight is 332 g/mol. The van der Waals surface area contributed by atoms with E-state index in [1.807, 2.05) is 20.8 Å². The van der Waals surface area contributed by atoms with Crippen molar-refractivity contribution in [2.24, 2.45) is 0 Å². The van der Waals surface area contributed by atoms with Gasteiger partial charge in [0, 0.05) is 19.3 Å². The number of carbonyl (C=O) groups is 1. The number of rotatable bonds is 8. The summed E-state index contributed by atoms with van der Waals surface area (Å²) in [6.45, 7) is 7.34. The SMILES string of the molecule is CCOc1cccc2c(=O)c(C(=O)NCCCOC(C)C)c[nH]c12. The molecule has 2 aromatic rings. The van der Waals surface area contributed by atoms with E-state index in [2.05, 4.69) is 10.3 Å². The normalized spacial score (nSPS) is 11.0. The molecule has 0 unspecified atom stereocenters. The van der Waals surface area contributed by atoms with E-state index in [1.54, 1.807) is 18.2 Å². The van der Waals surface area contributed by atoms with Gasteiger partial charge in [0.1, 0.15) is 11.3 Å². The molecule has 0 fully saturated rings. The number of hydrogen-bond acceptors (Lipinski definition) is 4. The van der Waals surface area contributed by atoms with Gasteiger partial charge in [0.15, 0.2) is 0 Å². The molecule has 0 radical (unpaired) electrons. The smallest absolute Gasteiger partial charge is 0.256 e. The van der Waals surface area contributed by atoms with E-state index in [4.69, 9.17) is 9.47 Å². The first kappa shape index (κ1) is 18.0. The fraction of sp³-hybridized carbons (Fsp3) is 0.444. The van der Waals surface area contributed by atoms with Gasteiger partial charge in [0.25, 0.3) is 5.91 Å². The van der Waals surface area contributed by atoms with Crippen LogP contribution in [0.25, 0.3) is 10.9 Å². The van der Waals surface area contributed by atoms with Crippen LogP contribution in [-0.2, 0) is 4.74 Å². The molecular weight excluding hydrogens is 308 g/mol. The molecule has 0 bridgehead atoms. The first-order valence-corrected chi connectivity index (χ1v) is 8.21. The van der Waals surface area contributed by atoms with Gasteiger partial charge < -0.3 is 19.8 Å². The van der Waals surface area contributed by atoms with Crippen molar-refractivity contribution in [1.29, 1.82) is 0 Å². The summed E-state index contributed by atoms with van der Waals surface area (Å²) < 4.78 is 10.9. The maximum Gasteiger partial charge on any atom is 0.256 e. The maximum atomic E-state index is 12.5. The van der Waals surface area contributed by atoms with Gasteiger partial charge in [-0.3, -0.25) is 9.59 Å². The first-order chi connectivity index (χ1) is 11.5. The summed E-state index contributed by atoms with van der Waals surface area (Å²) in [5.74, 6) is 0.217. The number of aromatic amines is 1. The summed E-state index contributed by atoms with van der Waals surface area (Å²) in [6.07, 6.45) is 2.31. The Morgan fingerprint density at radius 2 is 2.12 bits per heavy atom. The predicted molar refractivity (Wildman–Crippen MR) is 93.8 cm³/mol. The monoisotopic (exact) mass is 332 g/mol. The van der Waals surface area contributed by atoms with Crippen LogP contribution >= 0.6 is 0 Å². The van der Waals surface area contributed by atoms with Gasteiger partial charge in [-0.15, -0.1) is 0 Å². The lowest BCUT2D eigenvalue weighted by Gasteiger charge is -2.10. The third kappa shape index (κ3) is 4.35. The summed E-state index contributed by atoms with van der Waals surface area (Å²) in [4.78, 5) is 27.8. The molecule has 0 aliphatic rings. The Morgan fingerprint density at radius 1 is 1.33 bits per heavy atom. The molecule has 2 N–H and O–H groups in total. The lowest BCUT2D eigenvalue weighted by atomic mass is 10.1. The van der Waals surface area contributed by atoms with Crippen LogP contribution in [0.1, 0.15) is 37.6 Å². The highest BCUT2D eigenvalue weighted by molar-refractivity contribution is 5.97. The molecule has 0 aliphatic heterocycles. The van der Waals surface area contributed by atoms with Gasteiger partial charge in [0.2, 0.25) is 5.43 Å². The maximum absolute atomic E-state index is 12.5. The number of carbonyl (C=O) groups excluding carboxylic acids is 1. The third-order valence-electron chi connectivity index (χ3n) is 3.48. The van der Waals surface area contributed by atoms with Crippen LogP contribution in [0.4, 0.5) is 0 Å². The van der Waals surface area contributed by atoms with Gasteiger partial charge in [-0.05, 0) is 39.3 Å². The Kier molecular flexibility index (Phi) is 6.37. The van der Waals surface area contributed by atoms with E-state index < -0.39 is 0 Å². The molecule has 1 amide bonds. The summed E-state index contributed by atoms with van der Waals surface area (Å²) in [5.41, 5.74) is 0.397. The zero-order chi connectivity index (χ0) is 17.5. The Hall–Kier alpha value is -2.34. The highest BCUT2D eigenvalue weighted by Gasteiger charge is 2.14. The van der Waals surface area contributed by atoms with E-state index in [9.17, 15) is 9.59 Å². The average Bonchev–Trinajstić information content (AvgIpc) is 2.55. The number of hydrogen-bond donors (Lipinski definition) is 2. The van der Waals surface area contributed by atoms with E-state index in [1.165, 1.54) is 6.20 Å². The lowest BCUT2D eigenvalue weighted by molar-refractivity contribution is 0.0757. The highest BCUT2D eigenvalue weighted by Crippen LogP contribution is 2.21. The number of para-hydroxylation sites is 1. The van der Waals surface area contributed by atoms with Crippen molar-refractivity contribution in [3.05, 3.63) is 40.2 Å². The van der Waals surface area contributed by atoms with E-state index in [0.717, 1.165) is 0 Å². The van der Waals surface area contributed by atoms with Crippen molar-refractivity contribution in [1.82, 2.24) is 10.3 Å². The molecule has 1 aromatic carbocycles. The molecule has 6 nitrogen and oxygen atoms in total. The summed E-state index contributed by atoms with van der Waals surface area (Å²) in [7, 11) is 0. The number of fused-ring (bicyclic) bond motifs is 1. The van der Waals surface area contributed by atoms with Gasteiger partial charge in [-0.2, -0.15) is 0 Å². The van der Waals surface area contributed by atoms with E-state index in [-0.39, 0.29) is 23.0 Å². The first-order valence-electron chi connectivity index (χ1n) is 8.21. The van der Waals surface area contributed by atoms with Crippen molar-refractivity contribution in [3.8, 4) is 5.75 Å². The molecule has 6 heteroatoms. The highest BCUT2D eigenvalue weighted by atomic mass is 16.5. The lowest BCUT2D eigenvalue weighted by Crippen LogP contribution is -2.30. The Balaban J connectivity index is 2.11. The van der Waals surface area contributed by atoms with Gasteiger partial charge >= 0.3 is 0 Å². The van der Waals surface area contributed by atoms with Crippen LogP contribution in [0.2, 0.25) is 0 Å². The topological polar surface area (TPSA) is 80.4 Å². The predicted octanol–water partition coefficient (Wildman–Crippen LogP) is 2.47. The second-order valence-electron chi connectivity index (χ2n) is 5.67. The van der Waals surface area contributed by atoms with Crippen molar-refractivity contribution >= 4 is 16.8 Å². The van der Waals surface area contributed by atoms with Crippen molar-refractivity contribution in [2.75, 3.05) is 19.8 Å². The van der Waals surface area contributed by atoms with Crippen LogP contribution in [0.5, 0.6) is 5.75 Å². The van der Waals surface area contributed by atoms with Crippen LogP contribution in [0.15, 0.2) is 29.2 Å². The summed E-state index contributed by atoms with van der Waals surface area (Å²) in [6, 6.07) is 5.22. The largest absolute Gasteiger partial charge is 0.492 e. The molecule has 0 atom stereocenters. The third-order valence-corrected chi connectivity index (χ3v) is 3.48. The standard InChI is InChI=1S/C18H24N2O4/c1-4-23-15-8-5-7-13-16(15)20-11-14(17(13)21)18(22)19-9-6-10-24-12(2)3/h5,7-8,11-12H,4,6,9-10H2,1-3H3,(H,19,22)(H,20,21). The van der Waals surface area contributed by atoms with Crippen molar-refractivity contribution in [2.45, 2.75) is 33.3 Å². The molecule has 0 aliphatic carbocycles. The number of amides is 1. The zero-order valence-corrected chi connectivity index (χ0v) is 14.3. The number of nitrogens with one attached hydrogen (secondary N) is 2. The minimum absolute atomic E-state index is 0.0981. The van der Waals surface area contributed by atoms with Crippen molar-refractivity contribution < 1.29 is 14.3 Å². The molecule has 24 heavy (non-hydrogen) atoms. The van der Waals surface area contributed by atoms with Crippen LogP contribution in [-0.4, -0.2) is 36.8 Å². The van der Waals surface area contributed by atoms with E-state index >= 15 is 0 Å². The molecule has 0 spiro atoms. The zero-order valence-electron chi connectivity index (χ0n) is 14.3. The van der Waals surface area contributed by atoms with Crippen LogP contribution < -0.4 is 15.5 Å². The fourth-order valence-corrected chi connectivity index (χ4v) is 2.36. The van der Waals surface area contributed by atoms with Gasteiger partial charge in [-0.1, -0.05) is 6.07 Å². The number of benzene rings is 1. The van der Waals surface area contributed by atoms with E-state index in [0.29, 0.717) is 42.8 Å². The molecule has 2 rings (SSSR count). The Morgan fingerprint density at radius 3 is 2.83 bits per heavy atom. The van der Waals surface area contributed by atoms with Gasteiger partial charge in [0.05, 0.1) is 23.6 Å². The summed E-state index contributed by atoms with van der Waals surface area (Å²) in [5, 5.41) is 3.19. The second kappa shape index (κ2) is 8.49. The Labute approximate surface area is 141 Å². The second-order valence-corrected chi connectivity index (χ2v) is 5.67. The summed E-state index contributed by atoms with van der Waals surface area (Å²) >= 11 is 0. The molecule has 1 heterocycles. The molecule has 0 saturated heterocycles.